The first-order chi connectivity index (χ1) is 9.74. The van der Waals surface area contributed by atoms with E-state index < -0.39 is 0 Å². The minimum atomic E-state index is 0.933. The number of rotatable bonds is 5. The van der Waals surface area contributed by atoms with Gasteiger partial charge in [-0.25, -0.2) is 0 Å². The van der Waals surface area contributed by atoms with E-state index in [-0.39, 0.29) is 0 Å². The first-order valence-corrected chi connectivity index (χ1v) is 7.43. The van der Waals surface area contributed by atoms with E-state index in [2.05, 4.69) is 69.3 Å². The van der Waals surface area contributed by atoms with E-state index in [9.17, 15) is 0 Å². The van der Waals surface area contributed by atoms with Gasteiger partial charge in [0.25, 0.3) is 0 Å². The van der Waals surface area contributed by atoms with E-state index in [0.717, 1.165) is 24.9 Å². The van der Waals surface area contributed by atoms with E-state index in [1.54, 1.807) is 0 Å². The van der Waals surface area contributed by atoms with Crippen molar-refractivity contribution >= 4 is 11.4 Å². The maximum absolute atomic E-state index is 4.82. The van der Waals surface area contributed by atoms with Gasteiger partial charge >= 0.3 is 0 Å². The number of nitrogens with zero attached hydrogens (tertiary/aromatic N) is 1. The lowest BCUT2D eigenvalue weighted by molar-refractivity contribution is 1.08. The average molecular weight is 265 g/mol. The van der Waals surface area contributed by atoms with Crippen molar-refractivity contribution in [2.75, 3.05) is 0 Å². The van der Waals surface area contributed by atoms with Crippen molar-refractivity contribution in [2.24, 2.45) is 4.99 Å². The van der Waals surface area contributed by atoms with Crippen LogP contribution in [0.4, 0.5) is 5.69 Å². The lowest BCUT2D eigenvalue weighted by Gasteiger charge is -2.08. The van der Waals surface area contributed by atoms with Gasteiger partial charge in [-0.3, -0.25) is 4.99 Å². The van der Waals surface area contributed by atoms with E-state index in [1.165, 1.54) is 22.4 Å². The molecule has 0 fully saturated rings. The Bertz CT molecular complexity index is 596. The van der Waals surface area contributed by atoms with Gasteiger partial charge in [0.15, 0.2) is 0 Å². The Morgan fingerprint density at radius 1 is 0.800 bits per heavy atom. The minimum absolute atomic E-state index is 0.933. The topological polar surface area (TPSA) is 12.4 Å². The number of hydrogen-bond donors (Lipinski definition) is 0. The molecule has 0 N–H and O–H groups in total. The van der Waals surface area contributed by atoms with Crippen LogP contribution in [-0.2, 0) is 19.3 Å². The second kappa shape index (κ2) is 7.04. The summed E-state index contributed by atoms with van der Waals surface area (Å²) in [6.45, 7) is 6.51. The highest BCUT2D eigenvalue weighted by Gasteiger charge is 2.03. The lowest BCUT2D eigenvalue weighted by atomic mass is 10.0. The van der Waals surface area contributed by atoms with Crippen LogP contribution in [0.5, 0.6) is 0 Å². The normalized spacial score (nSPS) is 11.7. The predicted octanol–water partition coefficient (Wildman–Crippen LogP) is 5.15. The number of aliphatic imine (C=N–C) groups is 1. The van der Waals surface area contributed by atoms with Crippen molar-refractivity contribution in [2.45, 2.75) is 40.0 Å². The molecule has 2 rings (SSSR count). The molecule has 1 heteroatoms. The van der Waals surface area contributed by atoms with Crippen LogP contribution in [0.15, 0.2) is 53.5 Å². The third-order valence-corrected chi connectivity index (χ3v) is 3.63. The maximum atomic E-state index is 4.82. The van der Waals surface area contributed by atoms with Crippen LogP contribution in [-0.4, -0.2) is 5.71 Å². The van der Waals surface area contributed by atoms with Crippen molar-refractivity contribution in [3.63, 3.8) is 0 Å². The Balaban J connectivity index is 2.23. The average Bonchev–Trinajstić information content (AvgIpc) is 2.48. The van der Waals surface area contributed by atoms with Gasteiger partial charge in [0.05, 0.1) is 5.69 Å². The Morgan fingerprint density at radius 2 is 1.35 bits per heavy atom. The molecular formula is C19H23N. The van der Waals surface area contributed by atoms with Crippen LogP contribution in [0.2, 0.25) is 0 Å². The summed E-state index contributed by atoms with van der Waals surface area (Å²) in [4.78, 5) is 4.82. The number of benzene rings is 2. The van der Waals surface area contributed by atoms with Gasteiger partial charge in [0, 0.05) is 12.1 Å². The van der Waals surface area contributed by atoms with Crippen molar-refractivity contribution in [3.05, 3.63) is 65.2 Å². The monoisotopic (exact) mass is 265 g/mol. The van der Waals surface area contributed by atoms with Crippen LogP contribution in [0, 0.1) is 0 Å². The van der Waals surface area contributed by atoms with Gasteiger partial charge in [0.1, 0.15) is 0 Å². The molecule has 0 unspecified atom stereocenters. The summed E-state index contributed by atoms with van der Waals surface area (Å²) >= 11 is 0. The maximum Gasteiger partial charge on any atom is 0.0660 e. The first kappa shape index (κ1) is 14.5. The van der Waals surface area contributed by atoms with E-state index in [4.69, 9.17) is 4.99 Å². The number of para-hydroxylation sites is 1. The summed E-state index contributed by atoms with van der Waals surface area (Å²) in [6.07, 6.45) is 3.04. The van der Waals surface area contributed by atoms with Crippen LogP contribution >= 0.6 is 0 Å². The predicted molar refractivity (Wildman–Crippen MR) is 88.1 cm³/mol. The molecule has 0 saturated heterocycles. The SMILES string of the molecule is CCc1ccccc1CC(C)=Nc1ccccc1CC. The molecule has 20 heavy (non-hydrogen) atoms. The summed E-state index contributed by atoms with van der Waals surface area (Å²) < 4.78 is 0. The molecule has 2 aromatic carbocycles. The third kappa shape index (κ3) is 3.57. The zero-order valence-corrected chi connectivity index (χ0v) is 12.7. The molecule has 0 spiro atoms. The highest BCUT2D eigenvalue weighted by molar-refractivity contribution is 5.87. The molecule has 2 aromatic rings. The molecular weight excluding hydrogens is 242 g/mol. The van der Waals surface area contributed by atoms with Crippen LogP contribution in [0.1, 0.15) is 37.5 Å². The zero-order valence-electron chi connectivity index (χ0n) is 12.7. The fraction of sp³-hybridized carbons (Fsp3) is 0.316. The van der Waals surface area contributed by atoms with Crippen molar-refractivity contribution in [3.8, 4) is 0 Å². The smallest absolute Gasteiger partial charge is 0.0660 e. The summed E-state index contributed by atoms with van der Waals surface area (Å²) in [5, 5.41) is 0. The molecule has 0 aliphatic rings. The second-order valence-electron chi connectivity index (χ2n) is 5.13. The van der Waals surface area contributed by atoms with Gasteiger partial charge in [-0.15, -0.1) is 0 Å². The quantitative estimate of drug-likeness (QED) is 0.663. The zero-order chi connectivity index (χ0) is 14.4. The molecule has 0 aliphatic carbocycles. The molecule has 0 bridgehead atoms. The highest BCUT2D eigenvalue weighted by Crippen LogP contribution is 2.20. The molecule has 1 nitrogen and oxygen atoms in total. The Labute approximate surface area is 122 Å². The van der Waals surface area contributed by atoms with Crippen LogP contribution in [0.25, 0.3) is 0 Å². The fourth-order valence-corrected chi connectivity index (χ4v) is 2.51. The Morgan fingerprint density at radius 3 is 2.00 bits per heavy atom. The third-order valence-electron chi connectivity index (χ3n) is 3.63. The lowest BCUT2D eigenvalue weighted by Crippen LogP contribution is -2.01. The van der Waals surface area contributed by atoms with Crippen molar-refractivity contribution < 1.29 is 0 Å². The summed E-state index contributed by atoms with van der Waals surface area (Å²) in [5.41, 5.74) is 6.42. The van der Waals surface area contributed by atoms with Crippen LogP contribution in [0.3, 0.4) is 0 Å². The number of aryl methyl sites for hydroxylation is 2. The minimum Gasteiger partial charge on any atom is -0.258 e. The van der Waals surface area contributed by atoms with Gasteiger partial charge in [-0.2, -0.15) is 0 Å². The fourth-order valence-electron chi connectivity index (χ4n) is 2.51. The van der Waals surface area contributed by atoms with Crippen LogP contribution < -0.4 is 0 Å². The van der Waals surface area contributed by atoms with Gasteiger partial charge in [-0.05, 0) is 42.5 Å². The van der Waals surface area contributed by atoms with Gasteiger partial charge < -0.3 is 0 Å². The second-order valence-corrected chi connectivity index (χ2v) is 5.13. The van der Waals surface area contributed by atoms with Gasteiger partial charge in [-0.1, -0.05) is 56.3 Å². The molecule has 104 valence electrons. The van der Waals surface area contributed by atoms with Gasteiger partial charge in [0.2, 0.25) is 0 Å². The van der Waals surface area contributed by atoms with Crippen molar-refractivity contribution in [1.82, 2.24) is 0 Å². The summed E-state index contributed by atoms with van der Waals surface area (Å²) in [6, 6.07) is 17.1. The van der Waals surface area contributed by atoms with E-state index in [1.807, 2.05) is 0 Å². The Kier molecular flexibility index (Phi) is 5.11. The first-order valence-electron chi connectivity index (χ1n) is 7.43. The molecule has 0 atom stereocenters. The van der Waals surface area contributed by atoms with E-state index in [0.29, 0.717) is 0 Å². The van der Waals surface area contributed by atoms with Crippen molar-refractivity contribution in [1.29, 1.82) is 0 Å². The molecule has 0 heterocycles. The molecule has 0 aliphatic heterocycles. The molecule has 0 amide bonds. The molecule has 0 aromatic heterocycles. The molecule has 0 saturated carbocycles. The summed E-state index contributed by atoms with van der Waals surface area (Å²) in [5.74, 6) is 0. The standard InChI is InChI=1S/C19H23N/c1-4-16-10-6-7-12-18(16)14-15(3)20-19-13-9-8-11-17(19)5-2/h6-13H,4-5,14H2,1-3H3. The number of hydrogen-bond acceptors (Lipinski definition) is 1. The highest BCUT2D eigenvalue weighted by atomic mass is 14.7. The largest absolute Gasteiger partial charge is 0.258 e. The summed E-state index contributed by atoms with van der Waals surface area (Å²) in [7, 11) is 0. The van der Waals surface area contributed by atoms with E-state index >= 15 is 0 Å². The molecule has 0 radical (unpaired) electrons. The Hall–Kier alpha value is -1.89.